The molecule has 0 aliphatic carbocycles. The number of piperidine rings is 1. The molecule has 0 bridgehead atoms. The molecule has 112 valence electrons. The van der Waals surface area contributed by atoms with Crippen LogP contribution in [0.4, 0.5) is 0 Å². The highest BCUT2D eigenvalue weighted by molar-refractivity contribution is 6.30. The summed E-state index contributed by atoms with van der Waals surface area (Å²) in [5.41, 5.74) is 1.40. The molecule has 1 saturated heterocycles. The third kappa shape index (κ3) is 3.97. The van der Waals surface area contributed by atoms with Gasteiger partial charge in [0.2, 0.25) is 0 Å². The van der Waals surface area contributed by atoms with Gasteiger partial charge < -0.3 is 5.32 Å². The maximum absolute atomic E-state index is 6.03. The van der Waals surface area contributed by atoms with Gasteiger partial charge >= 0.3 is 0 Å². The van der Waals surface area contributed by atoms with Gasteiger partial charge in [-0.2, -0.15) is 0 Å². The summed E-state index contributed by atoms with van der Waals surface area (Å²) >= 11 is 6.03. The molecule has 20 heavy (non-hydrogen) atoms. The summed E-state index contributed by atoms with van der Waals surface area (Å²) in [6, 6.07) is 9.60. The molecule has 0 saturated carbocycles. The first-order valence-corrected chi connectivity index (χ1v) is 8.36. The van der Waals surface area contributed by atoms with Crippen molar-refractivity contribution in [3.8, 4) is 0 Å². The molecule has 0 amide bonds. The standard InChI is InChI=1S/C17H27ClN2/c1-3-12-20(16-6-5-11-19-13-16)17(4-2)14-7-9-15(18)10-8-14/h7-10,16-17,19H,3-6,11-13H2,1-2H3. The van der Waals surface area contributed by atoms with E-state index in [4.69, 9.17) is 11.6 Å². The molecule has 2 unspecified atom stereocenters. The Morgan fingerprint density at radius 2 is 2.05 bits per heavy atom. The van der Waals surface area contributed by atoms with Gasteiger partial charge in [0.15, 0.2) is 0 Å². The summed E-state index contributed by atoms with van der Waals surface area (Å²) in [6.45, 7) is 8.04. The van der Waals surface area contributed by atoms with Crippen molar-refractivity contribution >= 4 is 11.6 Å². The minimum absolute atomic E-state index is 0.511. The summed E-state index contributed by atoms with van der Waals surface area (Å²) in [5, 5.41) is 4.37. The van der Waals surface area contributed by atoms with Crippen LogP contribution in [0.1, 0.15) is 51.1 Å². The molecule has 0 aromatic heterocycles. The molecular formula is C17H27ClN2. The first-order chi connectivity index (χ1) is 9.76. The average molecular weight is 295 g/mol. The van der Waals surface area contributed by atoms with Crippen LogP contribution in [-0.2, 0) is 0 Å². The Bertz CT molecular complexity index is 384. The second kappa shape index (κ2) is 8.02. The minimum Gasteiger partial charge on any atom is -0.315 e. The zero-order valence-electron chi connectivity index (χ0n) is 12.7. The molecule has 1 fully saturated rings. The van der Waals surface area contributed by atoms with E-state index in [9.17, 15) is 0 Å². The van der Waals surface area contributed by atoms with E-state index < -0.39 is 0 Å². The molecule has 0 spiro atoms. The van der Waals surface area contributed by atoms with Crippen molar-refractivity contribution in [3.05, 3.63) is 34.9 Å². The van der Waals surface area contributed by atoms with Gasteiger partial charge in [-0.05, 0) is 56.5 Å². The lowest BCUT2D eigenvalue weighted by Crippen LogP contribution is -2.47. The predicted octanol–water partition coefficient (Wildman–Crippen LogP) is 4.26. The molecular weight excluding hydrogens is 268 g/mol. The number of rotatable bonds is 6. The Morgan fingerprint density at radius 3 is 2.60 bits per heavy atom. The summed E-state index contributed by atoms with van der Waals surface area (Å²) in [4.78, 5) is 2.70. The van der Waals surface area contributed by atoms with Crippen LogP contribution in [0.3, 0.4) is 0 Å². The SMILES string of the molecule is CCCN(C1CCCNC1)C(CC)c1ccc(Cl)cc1. The number of benzene rings is 1. The number of halogens is 1. The first-order valence-electron chi connectivity index (χ1n) is 7.98. The lowest BCUT2D eigenvalue weighted by Gasteiger charge is -2.40. The van der Waals surface area contributed by atoms with Crippen LogP contribution in [0.15, 0.2) is 24.3 Å². The lowest BCUT2D eigenvalue weighted by molar-refractivity contribution is 0.108. The monoisotopic (exact) mass is 294 g/mol. The van der Waals surface area contributed by atoms with Gasteiger partial charge in [-0.15, -0.1) is 0 Å². The fourth-order valence-electron chi connectivity index (χ4n) is 3.31. The molecule has 0 radical (unpaired) electrons. The largest absolute Gasteiger partial charge is 0.315 e. The number of nitrogens with one attached hydrogen (secondary N) is 1. The quantitative estimate of drug-likeness (QED) is 0.843. The number of nitrogens with zero attached hydrogens (tertiary/aromatic N) is 1. The van der Waals surface area contributed by atoms with E-state index in [1.807, 2.05) is 12.1 Å². The Hall–Kier alpha value is -0.570. The van der Waals surface area contributed by atoms with Gasteiger partial charge in [-0.25, -0.2) is 0 Å². The van der Waals surface area contributed by atoms with E-state index in [2.05, 4.69) is 36.2 Å². The van der Waals surface area contributed by atoms with E-state index in [1.165, 1.54) is 37.9 Å². The van der Waals surface area contributed by atoms with Crippen LogP contribution in [0.5, 0.6) is 0 Å². The fraction of sp³-hybridized carbons (Fsp3) is 0.647. The minimum atomic E-state index is 0.511. The van der Waals surface area contributed by atoms with Gasteiger partial charge in [0.05, 0.1) is 0 Å². The Labute approximate surface area is 128 Å². The van der Waals surface area contributed by atoms with Gasteiger partial charge in [0.25, 0.3) is 0 Å². The summed E-state index contributed by atoms with van der Waals surface area (Å²) < 4.78 is 0. The van der Waals surface area contributed by atoms with E-state index >= 15 is 0 Å². The molecule has 1 aromatic rings. The van der Waals surface area contributed by atoms with E-state index in [-0.39, 0.29) is 0 Å². The van der Waals surface area contributed by atoms with Crippen LogP contribution in [0.2, 0.25) is 5.02 Å². The van der Waals surface area contributed by atoms with E-state index in [0.717, 1.165) is 18.0 Å². The molecule has 1 aliphatic heterocycles. The van der Waals surface area contributed by atoms with Crippen molar-refractivity contribution in [1.82, 2.24) is 10.2 Å². The molecule has 3 heteroatoms. The lowest BCUT2D eigenvalue weighted by atomic mass is 9.97. The molecule has 1 aromatic carbocycles. The topological polar surface area (TPSA) is 15.3 Å². The second-order valence-electron chi connectivity index (χ2n) is 5.71. The van der Waals surface area contributed by atoms with Crippen LogP contribution in [0.25, 0.3) is 0 Å². The highest BCUT2D eigenvalue weighted by Gasteiger charge is 2.26. The van der Waals surface area contributed by atoms with Gasteiger partial charge in [0.1, 0.15) is 0 Å². The maximum Gasteiger partial charge on any atom is 0.0406 e. The maximum atomic E-state index is 6.03. The second-order valence-corrected chi connectivity index (χ2v) is 6.15. The zero-order valence-corrected chi connectivity index (χ0v) is 13.5. The Kier molecular flexibility index (Phi) is 6.34. The average Bonchev–Trinajstić information content (AvgIpc) is 2.50. The molecule has 2 rings (SSSR count). The smallest absolute Gasteiger partial charge is 0.0406 e. The zero-order chi connectivity index (χ0) is 14.4. The van der Waals surface area contributed by atoms with Gasteiger partial charge in [-0.3, -0.25) is 4.90 Å². The van der Waals surface area contributed by atoms with Crippen molar-refractivity contribution in [2.45, 2.75) is 51.6 Å². The van der Waals surface area contributed by atoms with Crippen molar-refractivity contribution in [1.29, 1.82) is 0 Å². The fourth-order valence-corrected chi connectivity index (χ4v) is 3.44. The van der Waals surface area contributed by atoms with Gasteiger partial charge in [-0.1, -0.05) is 37.6 Å². The third-order valence-corrected chi connectivity index (χ3v) is 4.52. The van der Waals surface area contributed by atoms with E-state index in [0.29, 0.717) is 12.1 Å². The molecule has 1 N–H and O–H groups in total. The third-order valence-electron chi connectivity index (χ3n) is 4.26. The highest BCUT2D eigenvalue weighted by Crippen LogP contribution is 2.29. The summed E-state index contributed by atoms with van der Waals surface area (Å²) in [6.07, 6.45) is 4.97. The summed E-state index contributed by atoms with van der Waals surface area (Å²) in [5.74, 6) is 0. The first kappa shape index (κ1) is 15.8. The molecule has 1 aliphatic rings. The van der Waals surface area contributed by atoms with Crippen LogP contribution in [-0.4, -0.2) is 30.6 Å². The van der Waals surface area contributed by atoms with Gasteiger partial charge in [0, 0.05) is 23.7 Å². The highest BCUT2D eigenvalue weighted by atomic mass is 35.5. The van der Waals surface area contributed by atoms with Crippen LogP contribution < -0.4 is 5.32 Å². The van der Waals surface area contributed by atoms with E-state index in [1.54, 1.807) is 0 Å². The van der Waals surface area contributed by atoms with Crippen molar-refractivity contribution in [3.63, 3.8) is 0 Å². The molecule has 2 atom stereocenters. The van der Waals surface area contributed by atoms with Crippen LogP contribution >= 0.6 is 11.6 Å². The van der Waals surface area contributed by atoms with Crippen molar-refractivity contribution in [2.24, 2.45) is 0 Å². The normalized spacial score (nSPS) is 21.1. The molecule has 2 nitrogen and oxygen atoms in total. The van der Waals surface area contributed by atoms with Crippen molar-refractivity contribution in [2.75, 3.05) is 19.6 Å². The summed E-state index contributed by atoms with van der Waals surface area (Å²) in [7, 11) is 0. The van der Waals surface area contributed by atoms with Crippen LogP contribution in [0, 0.1) is 0 Å². The Morgan fingerprint density at radius 1 is 1.30 bits per heavy atom. The van der Waals surface area contributed by atoms with Crippen molar-refractivity contribution < 1.29 is 0 Å². The Balaban J connectivity index is 2.17. The number of hydrogen-bond donors (Lipinski definition) is 1. The number of hydrogen-bond acceptors (Lipinski definition) is 2. The predicted molar refractivity (Wildman–Crippen MR) is 87.4 cm³/mol. The molecule has 1 heterocycles.